The molecule has 1 atom stereocenters. The summed E-state index contributed by atoms with van der Waals surface area (Å²) in [4.78, 5) is 0. The molecular formula is C18H14N4O3. The number of nitrogens with two attached hydrogens (primary N) is 1. The zero-order valence-electron chi connectivity index (χ0n) is 13.3. The Balaban J connectivity index is 1.90. The van der Waals surface area contributed by atoms with E-state index in [4.69, 9.17) is 19.6 Å². The number of nitriles is 1. The molecule has 0 aliphatic carbocycles. The molecule has 4 rings (SSSR count). The molecule has 2 aromatic heterocycles. The fraction of sp³-hybridized carbons (Fsp3) is 0.111. The Morgan fingerprint density at radius 2 is 2.08 bits per heavy atom. The first-order valence-electron chi connectivity index (χ1n) is 7.55. The van der Waals surface area contributed by atoms with Gasteiger partial charge in [-0.3, -0.25) is 5.10 Å². The molecule has 0 fully saturated rings. The largest absolute Gasteiger partial charge is 0.497 e. The van der Waals surface area contributed by atoms with Gasteiger partial charge in [-0.25, -0.2) is 0 Å². The quantitative estimate of drug-likeness (QED) is 0.762. The van der Waals surface area contributed by atoms with Gasteiger partial charge in [0.05, 0.1) is 36.8 Å². The first-order chi connectivity index (χ1) is 12.2. The molecule has 0 spiro atoms. The van der Waals surface area contributed by atoms with Gasteiger partial charge >= 0.3 is 0 Å². The highest BCUT2D eigenvalue weighted by atomic mass is 16.5. The Hall–Kier alpha value is -3.66. The van der Waals surface area contributed by atoms with Crippen molar-refractivity contribution in [1.29, 1.82) is 5.26 Å². The number of nitrogens with one attached hydrogen (secondary N) is 1. The zero-order valence-corrected chi connectivity index (χ0v) is 13.3. The molecule has 3 aromatic rings. The van der Waals surface area contributed by atoms with Crippen molar-refractivity contribution in [1.82, 2.24) is 10.2 Å². The molecule has 0 amide bonds. The highest BCUT2D eigenvalue weighted by Crippen LogP contribution is 2.45. The molecule has 0 radical (unpaired) electrons. The van der Waals surface area contributed by atoms with Gasteiger partial charge < -0.3 is 19.6 Å². The van der Waals surface area contributed by atoms with E-state index in [-0.39, 0.29) is 5.88 Å². The number of aromatic amines is 1. The second-order valence-corrected chi connectivity index (χ2v) is 5.53. The van der Waals surface area contributed by atoms with Crippen molar-refractivity contribution in [2.24, 2.45) is 5.73 Å². The maximum atomic E-state index is 9.58. The second-order valence-electron chi connectivity index (χ2n) is 5.53. The lowest BCUT2D eigenvalue weighted by Gasteiger charge is -2.22. The lowest BCUT2D eigenvalue weighted by atomic mass is 9.84. The van der Waals surface area contributed by atoms with Gasteiger partial charge in [-0.2, -0.15) is 5.26 Å². The van der Waals surface area contributed by atoms with Crippen molar-refractivity contribution in [3.63, 3.8) is 0 Å². The number of hydrogen-bond acceptors (Lipinski definition) is 6. The number of fused-ring (bicyclic) bond motifs is 1. The van der Waals surface area contributed by atoms with E-state index in [1.54, 1.807) is 25.7 Å². The summed E-state index contributed by atoms with van der Waals surface area (Å²) in [5.41, 5.74) is 9.44. The smallest absolute Gasteiger partial charge is 0.244 e. The Bertz CT molecular complexity index is 979. The minimum absolute atomic E-state index is 0.0500. The van der Waals surface area contributed by atoms with E-state index in [1.807, 2.05) is 24.3 Å². The molecule has 1 aliphatic heterocycles. The molecule has 1 aromatic carbocycles. The first-order valence-corrected chi connectivity index (χ1v) is 7.55. The second kappa shape index (κ2) is 5.76. The Labute approximate surface area is 143 Å². The van der Waals surface area contributed by atoms with Gasteiger partial charge in [-0.05, 0) is 30.3 Å². The molecular weight excluding hydrogens is 320 g/mol. The molecule has 0 saturated carbocycles. The van der Waals surface area contributed by atoms with Gasteiger partial charge in [0.2, 0.25) is 11.8 Å². The number of aromatic nitrogens is 2. The number of ether oxygens (including phenoxy) is 2. The van der Waals surface area contributed by atoms with Gasteiger partial charge in [-0.15, -0.1) is 5.10 Å². The van der Waals surface area contributed by atoms with Crippen LogP contribution in [-0.2, 0) is 0 Å². The molecule has 124 valence electrons. The maximum absolute atomic E-state index is 9.58. The summed E-state index contributed by atoms with van der Waals surface area (Å²) in [7, 11) is 1.61. The number of hydrogen-bond donors (Lipinski definition) is 2. The highest BCUT2D eigenvalue weighted by molar-refractivity contribution is 5.71. The minimum atomic E-state index is -0.414. The summed E-state index contributed by atoms with van der Waals surface area (Å²) in [6, 6.07) is 11.5. The van der Waals surface area contributed by atoms with Gasteiger partial charge in [0.25, 0.3) is 0 Å². The number of benzene rings is 1. The Morgan fingerprint density at radius 3 is 2.72 bits per heavy atom. The predicted molar refractivity (Wildman–Crippen MR) is 88.6 cm³/mol. The van der Waals surface area contributed by atoms with E-state index in [0.29, 0.717) is 11.5 Å². The minimum Gasteiger partial charge on any atom is -0.497 e. The van der Waals surface area contributed by atoms with E-state index in [2.05, 4.69) is 16.3 Å². The molecule has 0 unspecified atom stereocenters. The van der Waals surface area contributed by atoms with Crippen LogP contribution >= 0.6 is 0 Å². The Kier molecular flexibility index (Phi) is 3.43. The zero-order chi connectivity index (χ0) is 17.4. The van der Waals surface area contributed by atoms with Crippen LogP contribution in [0.4, 0.5) is 0 Å². The third kappa shape index (κ3) is 2.32. The van der Waals surface area contributed by atoms with Crippen LogP contribution in [-0.4, -0.2) is 17.3 Å². The molecule has 7 heteroatoms. The fourth-order valence-corrected chi connectivity index (χ4v) is 3.00. The van der Waals surface area contributed by atoms with Crippen molar-refractivity contribution in [3.8, 4) is 29.0 Å². The summed E-state index contributed by atoms with van der Waals surface area (Å²) >= 11 is 0. The van der Waals surface area contributed by atoms with Gasteiger partial charge in [0.1, 0.15) is 17.4 Å². The number of allylic oxidation sites excluding steroid dienone is 1. The first kappa shape index (κ1) is 14.9. The number of rotatable bonds is 3. The predicted octanol–water partition coefficient (Wildman–Crippen LogP) is 2.90. The summed E-state index contributed by atoms with van der Waals surface area (Å²) in [6.45, 7) is 0. The van der Waals surface area contributed by atoms with E-state index in [0.717, 1.165) is 28.1 Å². The summed E-state index contributed by atoms with van der Waals surface area (Å²) < 4.78 is 15.9. The van der Waals surface area contributed by atoms with Gasteiger partial charge in [0, 0.05) is 11.1 Å². The maximum Gasteiger partial charge on any atom is 0.244 e. The third-order valence-corrected chi connectivity index (χ3v) is 4.19. The molecule has 25 heavy (non-hydrogen) atoms. The van der Waals surface area contributed by atoms with Crippen LogP contribution in [0.25, 0.3) is 11.3 Å². The van der Waals surface area contributed by atoms with E-state index >= 15 is 0 Å². The lowest BCUT2D eigenvalue weighted by molar-refractivity contribution is 0.378. The van der Waals surface area contributed by atoms with Gasteiger partial charge in [0.15, 0.2) is 0 Å². The van der Waals surface area contributed by atoms with Crippen molar-refractivity contribution < 1.29 is 13.9 Å². The van der Waals surface area contributed by atoms with E-state index in [9.17, 15) is 5.26 Å². The average molecular weight is 334 g/mol. The molecule has 0 bridgehead atoms. The van der Waals surface area contributed by atoms with Crippen LogP contribution in [0.5, 0.6) is 11.6 Å². The number of methoxy groups -OCH3 is 1. The highest BCUT2D eigenvalue weighted by Gasteiger charge is 2.36. The molecule has 0 saturated heterocycles. The number of nitrogens with zero attached hydrogens (tertiary/aromatic N) is 2. The molecule has 3 N–H and O–H groups in total. The number of H-pyrrole nitrogens is 1. The molecule has 7 nitrogen and oxygen atoms in total. The number of furan rings is 1. The van der Waals surface area contributed by atoms with Crippen LogP contribution in [0.1, 0.15) is 17.0 Å². The van der Waals surface area contributed by atoms with Crippen LogP contribution in [0.2, 0.25) is 0 Å². The normalized spacial score (nSPS) is 16.1. The van der Waals surface area contributed by atoms with Crippen LogP contribution in [0.15, 0.2) is 58.7 Å². The summed E-state index contributed by atoms with van der Waals surface area (Å²) in [5, 5.41) is 16.8. The van der Waals surface area contributed by atoms with Gasteiger partial charge in [-0.1, -0.05) is 0 Å². The monoisotopic (exact) mass is 334 g/mol. The Morgan fingerprint density at radius 1 is 1.28 bits per heavy atom. The van der Waals surface area contributed by atoms with Crippen molar-refractivity contribution in [2.45, 2.75) is 5.92 Å². The van der Waals surface area contributed by atoms with Crippen molar-refractivity contribution >= 4 is 0 Å². The SMILES string of the molecule is COc1ccc(-c2[nH]nc3c2[C@@H](c2ccoc2)C(C#N)=C(N)O3)cc1. The lowest BCUT2D eigenvalue weighted by Crippen LogP contribution is -2.20. The molecule has 3 heterocycles. The summed E-state index contributed by atoms with van der Waals surface area (Å²) in [6.07, 6.45) is 3.15. The van der Waals surface area contributed by atoms with Crippen molar-refractivity contribution in [3.05, 3.63) is 65.4 Å². The van der Waals surface area contributed by atoms with Crippen LogP contribution < -0.4 is 15.2 Å². The van der Waals surface area contributed by atoms with Crippen LogP contribution in [0.3, 0.4) is 0 Å². The third-order valence-electron chi connectivity index (χ3n) is 4.19. The summed E-state index contributed by atoms with van der Waals surface area (Å²) in [5.74, 6) is 0.743. The van der Waals surface area contributed by atoms with E-state index in [1.165, 1.54) is 0 Å². The topological polar surface area (TPSA) is 110 Å². The van der Waals surface area contributed by atoms with E-state index < -0.39 is 5.92 Å². The van der Waals surface area contributed by atoms with Crippen molar-refractivity contribution in [2.75, 3.05) is 7.11 Å². The average Bonchev–Trinajstić information content (AvgIpc) is 3.30. The fourth-order valence-electron chi connectivity index (χ4n) is 3.00. The van der Waals surface area contributed by atoms with Crippen LogP contribution in [0, 0.1) is 11.3 Å². The standard InChI is InChI=1S/C18H14N4O3/c1-23-12-4-2-10(3-5-12)16-15-14(11-6-7-24-9-11)13(8-19)17(20)25-18(15)22-21-16/h2-7,9,14H,20H2,1H3,(H,21,22)/t14-/m0/s1. The molecule has 1 aliphatic rings.